The van der Waals surface area contributed by atoms with Gasteiger partial charge in [-0.1, -0.05) is 12.1 Å². The topological polar surface area (TPSA) is 120 Å². The Morgan fingerprint density at radius 2 is 1.88 bits per heavy atom. The Kier molecular flexibility index (Phi) is 8.05. The third-order valence-electron chi connectivity index (χ3n) is 8.36. The number of rotatable bonds is 5. The standard InChI is InChI=1S/C29H42N6O5/c1-29(2,3)40-28(39)35-15-14-34(20(17-35)18-36)16-19-10-12-33(13-11-19)23-7-5-6-21-25(31-32(4)26(21)23)22-8-9-24(37)30-27(22)38/h5-7,19-20,22,36H,8-18H2,1-4H3,(H,30,37,38)/t20-,22?/m0/s1. The first-order valence-electron chi connectivity index (χ1n) is 14.4. The molecule has 40 heavy (non-hydrogen) atoms. The van der Waals surface area contributed by atoms with Gasteiger partial charge in [0.15, 0.2) is 0 Å². The van der Waals surface area contributed by atoms with Gasteiger partial charge in [0.2, 0.25) is 11.8 Å². The Hall–Kier alpha value is -3.18. The van der Waals surface area contributed by atoms with Gasteiger partial charge in [-0.3, -0.25) is 24.5 Å². The first-order valence-corrected chi connectivity index (χ1v) is 14.4. The number of amides is 3. The van der Waals surface area contributed by atoms with Crippen LogP contribution in [0.1, 0.15) is 58.1 Å². The molecule has 11 nitrogen and oxygen atoms in total. The molecule has 0 saturated carbocycles. The number of aryl methyl sites for hydroxylation is 1. The number of hydrogen-bond donors (Lipinski definition) is 2. The van der Waals surface area contributed by atoms with Crippen LogP contribution in [0.2, 0.25) is 0 Å². The molecule has 1 aromatic carbocycles. The van der Waals surface area contributed by atoms with Gasteiger partial charge in [0, 0.05) is 58.1 Å². The van der Waals surface area contributed by atoms with Crippen LogP contribution < -0.4 is 10.2 Å². The van der Waals surface area contributed by atoms with E-state index in [2.05, 4.69) is 21.2 Å². The van der Waals surface area contributed by atoms with Crippen LogP contribution in [0.15, 0.2) is 18.2 Å². The first kappa shape index (κ1) is 28.4. The minimum atomic E-state index is -0.538. The number of ether oxygens (including phenoxy) is 1. The van der Waals surface area contributed by atoms with Crippen molar-refractivity contribution in [1.82, 2.24) is 24.9 Å². The van der Waals surface area contributed by atoms with Gasteiger partial charge in [0.05, 0.1) is 35.5 Å². The van der Waals surface area contributed by atoms with E-state index in [1.807, 2.05) is 44.6 Å². The second kappa shape index (κ2) is 11.4. The number of fused-ring (bicyclic) bond motifs is 1. The van der Waals surface area contributed by atoms with Gasteiger partial charge in [0.25, 0.3) is 0 Å². The number of aliphatic hydroxyl groups is 1. The number of hydrogen-bond acceptors (Lipinski definition) is 8. The number of anilines is 1. The van der Waals surface area contributed by atoms with Crippen LogP contribution in [0.3, 0.4) is 0 Å². The second-order valence-electron chi connectivity index (χ2n) is 12.4. The Labute approximate surface area is 235 Å². The lowest BCUT2D eigenvalue weighted by atomic mass is 9.92. The summed E-state index contributed by atoms with van der Waals surface area (Å²) in [5.41, 5.74) is 2.33. The van der Waals surface area contributed by atoms with Gasteiger partial charge < -0.3 is 19.6 Å². The maximum atomic E-state index is 12.6. The Morgan fingerprint density at radius 1 is 1.12 bits per heavy atom. The van der Waals surface area contributed by atoms with Crippen molar-refractivity contribution in [2.45, 2.75) is 64.0 Å². The summed E-state index contributed by atoms with van der Waals surface area (Å²) in [6, 6.07) is 6.07. The number of imide groups is 1. The number of piperidine rings is 2. The Bertz CT molecular complexity index is 1260. The third-order valence-corrected chi connectivity index (χ3v) is 8.36. The fraction of sp³-hybridized carbons (Fsp3) is 0.655. The number of carbonyl (C=O) groups excluding carboxylic acids is 3. The lowest BCUT2D eigenvalue weighted by molar-refractivity contribution is -0.134. The normalized spacial score (nSPS) is 23.5. The molecule has 0 radical (unpaired) electrons. The highest BCUT2D eigenvalue weighted by Gasteiger charge is 2.35. The molecule has 3 fully saturated rings. The van der Waals surface area contributed by atoms with Gasteiger partial charge in [-0.25, -0.2) is 4.79 Å². The molecule has 4 heterocycles. The molecule has 0 spiro atoms. The summed E-state index contributed by atoms with van der Waals surface area (Å²) >= 11 is 0. The van der Waals surface area contributed by atoms with E-state index in [4.69, 9.17) is 9.84 Å². The number of para-hydroxylation sites is 1. The maximum Gasteiger partial charge on any atom is 0.410 e. The predicted octanol–water partition coefficient (Wildman–Crippen LogP) is 2.22. The van der Waals surface area contributed by atoms with Crippen LogP contribution in [0.25, 0.3) is 10.9 Å². The zero-order valence-electron chi connectivity index (χ0n) is 24.1. The van der Waals surface area contributed by atoms with E-state index in [1.165, 1.54) is 0 Å². The SMILES string of the molecule is Cn1nc(C2CCC(=O)NC2=O)c2cccc(N3CCC(CN4CCN(C(=O)OC(C)(C)C)C[C@H]4CO)CC3)c21. The number of nitrogens with one attached hydrogen (secondary N) is 1. The molecule has 1 unspecified atom stereocenters. The smallest absolute Gasteiger partial charge is 0.410 e. The average Bonchev–Trinajstić information content (AvgIpc) is 3.24. The summed E-state index contributed by atoms with van der Waals surface area (Å²) in [4.78, 5) is 43.2. The highest BCUT2D eigenvalue weighted by Crippen LogP contribution is 2.36. The molecule has 5 rings (SSSR count). The number of piperazine rings is 1. The van der Waals surface area contributed by atoms with E-state index in [0.29, 0.717) is 31.8 Å². The van der Waals surface area contributed by atoms with Crippen molar-refractivity contribution in [2.75, 3.05) is 50.8 Å². The molecule has 11 heteroatoms. The van der Waals surface area contributed by atoms with Gasteiger partial charge in [-0.2, -0.15) is 5.10 Å². The van der Waals surface area contributed by atoms with Crippen molar-refractivity contribution < 1.29 is 24.2 Å². The van der Waals surface area contributed by atoms with E-state index in [1.54, 1.807) is 4.90 Å². The third kappa shape index (κ3) is 5.95. The number of benzene rings is 1. The van der Waals surface area contributed by atoms with E-state index in [0.717, 1.165) is 61.3 Å². The van der Waals surface area contributed by atoms with Crippen LogP contribution in [0, 0.1) is 5.92 Å². The van der Waals surface area contributed by atoms with Crippen molar-refractivity contribution in [3.8, 4) is 0 Å². The lowest BCUT2D eigenvalue weighted by Gasteiger charge is -2.43. The molecule has 3 saturated heterocycles. The van der Waals surface area contributed by atoms with Crippen molar-refractivity contribution in [3.63, 3.8) is 0 Å². The molecule has 3 aliphatic heterocycles. The van der Waals surface area contributed by atoms with Crippen molar-refractivity contribution in [2.24, 2.45) is 13.0 Å². The highest BCUT2D eigenvalue weighted by molar-refractivity contribution is 6.03. The average molecular weight is 555 g/mol. The van der Waals surface area contributed by atoms with Gasteiger partial charge in [0.1, 0.15) is 5.60 Å². The molecule has 2 N–H and O–H groups in total. The van der Waals surface area contributed by atoms with Gasteiger partial charge in [-0.15, -0.1) is 0 Å². The summed E-state index contributed by atoms with van der Waals surface area (Å²) in [7, 11) is 1.92. The zero-order valence-corrected chi connectivity index (χ0v) is 24.1. The fourth-order valence-electron chi connectivity index (χ4n) is 6.30. The minimum absolute atomic E-state index is 0.0101. The molecule has 2 aromatic rings. The Balaban J connectivity index is 1.22. The van der Waals surface area contributed by atoms with Crippen LogP contribution in [0.4, 0.5) is 10.5 Å². The summed E-state index contributed by atoms with van der Waals surface area (Å²) in [5, 5.41) is 18.3. The molecule has 0 bridgehead atoms. The van der Waals surface area contributed by atoms with E-state index in [-0.39, 0.29) is 30.6 Å². The fourth-order valence-corrected chi connectivity index (χ4v) is 6.30. The van der Waals surface area contributed by atoms with E-state index in [9.17, 15) is 19.5 Å². The quantitative estimate of drug-likeness (QED) is 0.540. The molecule has 2 atom stereocenters. The van der Waals surface area contributed by atoms with Crippen LogP contribution >= 0.6 is 0 Å². The van der Waals surface area contributed by atoms with Crippen LogP contribution in [0.5, 0.6) is 0 Å². The van der Waals surface area contributed by atoms with Crippen molar-refractivity contribution >= 4 is 34.5 Å². The number of carbonyl (C=O) groups is 3. The summed E-state index contributed by atoms with van der Waals surface area (Å²) in [5.74, 6) is -0.406. The van der Waals surface area contributed by atoms with Crippen molar-refractivity contribution in [3.05, 3.63) is 23.9 Å². The summed E-state index contributed by atoms with van der Waals surface area (Å²) in [6.07, 6.45) is 2.54. The van der Waals surface area contributed by atoms with Crippen molar-refractivity contribution in [1.29, 1.82) is 0 Å². The molecule has 1 aromatic heterocycles. The largest absolute Gasteiger partial charge is 0.444 e. The minimum Gasteiger partial charge on any atom is -0.444 e. The highest BCUT2D eigenvalue weighted by atomic mass is 16.6. The molecule has 3 aliphatic rings. The molecule has 0 aliphatic carbocycles. The van der Waals surface area contributed by atoms with Crippen LogP contribution in [-0.2, 0) is 21.4 Å². The Morgan fingerprint density at radius 3 is 2.55 bits per heavy atom. The second-order valence-corrected chi connectivity index (χ2v) is 12.4. The maximum absolute atomic E-state index is 12.6. The summed E-state index contributed by atoms with van der Waals surface area (Å²) in [6.45, 7) is 10.1. The zero-order chi connectivity index (χ0) is 28.6. The molecule has 218 valence electrons. The number of nitrogens with zero attached hydrogens (tertiary/aromatic N) is 5. The van der Waals surface area contributed by atoms with Gasteiger partial charge in [-0.05, 0) is 52.0 Å². The van der Waals surface area contributed by atoms with Gasteiger partial charge >= 0.3 is 6.09 Å². The summed E-state index contributed by atoms with van der Waals surface area (Å²) < 4.78 is 7.40. The monoisotopic (exact) mass is 554 g/mol. The predicted molar refractivity (Wildman–Crippen MR) is 151 cm³/mol. The van der Waals surface area contributed by atoms with E-state index >= 15 is 0 Å². The lowest BCUT2D eigenvalue weighted by Crippen LogP contribution is -2.58. The molecule has 3 amide bonds. The van der Waals surface area contributed by atoms with Crippen LogP contribution in [-0.4, -0.2) is 100 Å². The number of aromatic nitrogens is 2. The first-order chi connectivity index (χ1) is 19.0. The number of aliphatic hydroxyl groups excluding tert-OH is 1. The van der Waals surface area contributed by atoms with E-state index < -0.39 is 11.5 Å². The molecular formula is C29H42N6O5. The molecular weight excluding hydrogens is 512 g/mol.